The number of carbonyl (C=O) groups excluding carboxylic acids is 2. The molecule has 0 saturated carbocycles. The molecule has 0 fully saturated rings. The summed E-state index contributed by atoms with van der Waals surface area (Å²) in [5.41, 5.74) is 1.82. The number of methoxy groups -OCH3 is 1. The Morgan fingerprint density at radius 1 is 1.14 bits per heavy atom. The van der Waals surface area contributed by atoms with Gasteiger partial charge in [0.05, 0.1) is 19.4 Å². The second-order valence-corrected chi connectivity index (χ2v) is 5.90. The highest BCUT2D eigenvalue weighted by Gasteiger charge is 2.20. The molecule has 0 bridgehead atoms. The van der Waals surface area contributed by atoms with Crippen LogP contribution in [0.4, 0.5) is 0 Å². The van der Waals surface area contributed by atoms with Crippen molar-refractivity contribution in [2.75, 3.05) is 13.7 Å². The molecule has 2 rings (SSSR count). The van der Waals surface area contributed by atoms with Gasteiger partial charge in [0.15, 0.2) is 0 Å². The van der Waals surface area contributed by atoms with Crippen molar-refractivity contribution < 1.29 is 19.1 Å². The molecule has 0 radical (unpaired) electrons. The van der Waals surface area contributed by atoms with Crippen molar-refractivity contribution in [1.29, 1.82) is 0 Å². The lowest BCUT2D eigenvalue weighted by molar-refractivity contribution is -0.143. The van der Waals surface area contributed by atoms with Gasteiger partial charge < -0.3 is 20.1 Å². The van der Waals surface area contributed by atoms with Gasteiger partial charge in [0.1, 0.15) is 11.6 Å². The van der Waals surface area contributed by atoms with E-state index in [1.807, 2.05) is 30.3 Å². The van der Waals surface area contributed by atoms with Crippen LogP contribution >= 0.6 is 0 Å². The first kappa shape index (κ1) is 21.7. The summed E-state index contributed by atoms with van der Waals surface area (Å²) in [5, 5.41) is 5.93. The van der Waals surface area contributed by atoms with Gasteiger partial charge in [0, 0.05) is 18.9 Å². The molecule has 0 amide bonds. The zero-order valence-corrected chi connectivity index (χ0v) is 16.5. The molecule has 1 heterocycles. The maximum atomic E-state index is 12.3. The summed E-state index contributed by atoms with van der Waals surface area (Å²) in [7, 11) is 1.30. The third-order valence-corrected chi connectivity index (χ3v) is 3.88. The van der Waals surface area contributed by atoms with Crippen LogP contribution in [0, 0.1) is 0 Å². The number of hydrogen-bond donors (Lipinski definition) is 2. The van der Waals surface area contributed by atoms with E-state index in [9.17, 15) is 9.59 Å². The van der Waals surface area contributed by atoms with Crippen molar-refractivity contribution in [3.63, 3.8) is 0 Å². The Kier molecular flexibility index (Phi) is 8.95. The van der Waals surface area contributed by atoms with Crippen molar-refractivity contribution in [2.45, 2.75) is 19.4 Å². The summed E-state index contributed by atoms with van der Waals surface area (Å²) in [4.78, 5) is 28.5. The smallest absolute Gasteiger partial charge is 0.355 e. The average Bonchev–Trinajstić information content (AvgIpc) is 2.76. The van der Waals surface area contributed by atoms with Gasteiger partial charge >= 0.3 is 11.9 Å². The van der Waals surface area contributed by atoms with Crippen LogP contribution in [0.25, 0.3) is 0 Å². The van der Waals surface area contributed by atoms with E-state index < -0.39 is 17.9 Å². The lowest BCUT2D eigenvalue weighted by Crippen LogP contribution is -2.21. The molecule has 1 unspecified atom stereocenters. The van der Waals surface area contributed by atoms with Gasteiger partial charge in [-0.1, -0.05) is 36.4 Å². The van der Waals surface area contributed by atoms with E-state index in [4.69, 9.17) is 9.47 Å². The summed E-state index contributed by atoms with van der Waals surface area (Å²) in [6.07, 6.45) is 6.23. The maximum absolute atomic E-state index is 12.3. The first-order valence-corrected chi connectivity index (χ1v) is 9.22. The molecule has 0 aliphatic rings. The molecular formula is C22H25N3O4. The third-order valence-electron chi connectivity index (χ3n) is 3.88. The van der Waals surface area contributed by atoms with E-state index in [0.29, 0.717) is 12.2 Å². The lowest BCUT2D eigenvalue weighted by Gasteiger charge is -2.12. The Morgan fingerprint density at radius 2 is 1.90 bits per heavy atom. The van der Waals surface area contributed by atoms with Crippen LogP contribution in [0.3, 0.4) is 0 Å². The molecule has 2 N–H and O–H groups in total. The topological polar surface area (TPSA) is 89.6 Å². The van der Waals surface area contributed by atoms with Crippen LogP contribution in [0.15, 0.2) is 78.9 Å². The van der Waals surface area contributed by atoms with E-state index in [1.54, 1.807) is 37.4 Å². The second-order valence-electron chi connectivity index (χ2n) is 5.90. The fraction of sp³-hybridized carbons (Fsp3) is 0.227. The molecule has 0 aliphatic heterocycles. The highest BCUT2D eigenvalue weighted by Crippen LogP contribution is 2.16. The number of hydrogen-bond acceptors (Lipinski definition) is 7. The minimum Gasteiger partial charge on any atom is -0.465 e. The largest absolute Gasteiger partial charge is 0.465 e. The first-order valence-electron chi connectivity index (χ1n) is 9.22. The molecular weight excluding hydrogens is 370 g/mol. The molecule has 0 spiro atoms. The highest BCUT2D eigenvalue weighted by molar-refractivity contribution is 5.87. The molecule has 7 heteroatoms. The second kappa shape index (κ2) is 12.0. The van der Waals surface area contributed by atoms with Crippen molar-refractivity contribution in [1.82, 2.24) is 15.6 Å². The van der Waals surface area contributed by atoms with E-state index >= 15 is 0 Å². The van der Waals surface area contributed by atoms with Gasteiger partial charge in [-0.25, -0.2) is 4.79 Å². The normalized spacial score (nSPS) is 12.3. The molecule has 1 aromatic heterocycles. The van der Waals surface area contributed by atoms with Gasteiger partial charge in [-0.3, -0.25) is 9.78 Å². The standard InChI is InChI=1S/C22H25N3O4/c1-3-29-21(26)18(19-11-7-8-13-24-19)12-14-25-20(22(27)28-2)16-23-15-17-9-5-4-6-10-17/h4-14,16,18,23,25H,3,15H2,1-2H3/b14-12+,20-16+. The van der Waals surface area contributed by atoms with E-state index in [2.05, 4.69) is 15.6 Å². The lowest BCUT2D eigenvalue weighted by atomic mass is 10.1. The zero-order chi connectivity index (χ0) is 20.9. The minimum absolute atomic E-state index is 0.198. The average molecular weight is 395 g/mol. The number of esters is 2. The number of rotatable bonds is 10. The van der Waals surface area contributed by atoms with Gasteiger partial charge in [0.25, 0.3) is 0 Å². The Balaban J connectivity index is 2.08. The number of pyridine rings is 1. The Morgan fingerprint density at radius 3 is 2.55 bits per heavy atom. The SMILES string of the molecule is CCOC(=O)C(/C=C/N/C(=C/NCc1ccccc1)C(=O)OC)c1ccccn1. The van der Waals surface area contributed by atoms with Gasteiger partial charge in [0.2, 0.25) is 0 Å². The molecule has 1 aromatic carbocycles. The maximum Gasteiger partial charge on any atom is 0.355 e. The van der Waals surface area contributed by atoms with Crippen molar-refractivity contribution in [2.24, 2.45) is 0 Å². The molecule has 0 aliphatic carbocycles. The molecule has 0 saturated heterocycles. The van der Waals surface area contributed by atoms with Crippen molar-refractivity contribution in [3.05, 3.63) is 90.2 Å². The number of nitrogens with one attached hydrogen (secondary N) is 2. The van der Waals surface area contributed by atoms with Crippen LogP contribution in [-0.2, 0) is 25.6 Å². The number of aromatic nitrogens is 1. The van der Waals surface area contributed by atoms with Gasteiger partial charge in [-0.15, -0.1) is 0 Å². The quantitative estimate of drug-likeness (QED) is 0.472. The first-order chi connectivity index (χ1) is 14.2. The molecule has 29 heavy (non-hydrogen) atoms. The van der Waals surface area contributed by atoms with Crippen molar-refractivity contribution in [3.8, 4) is 0 Å². The number of carbonyl (C=O) groups is 2. The van der Waals surface area contributed by atoms with Gasteiger partial charge in [-0.05, 0) is 36.9 Å². The minimum atomic E-state index is -0.695. The zero-order valence-electron chi connectivity index (χ0n) is 16.5. The van der Waals surface area contributed by atoms with Crippen LogP contribution in [0.1, 0.15) is 24.1 Å². The van der Waals surface area contributed by atoms with Crippen molar-refractivity contribution >= 4 is 11.9 Å². The molecule has 2 aromatic rings. The molecule has 1 atom stereocenters. The Bertz CT molecular complexity index is 836. The van der Waals surface area contributed by atoms with Crippen LogP contribution in [0.5, 0.6) is 0 Å². The highest BCUT2D eigenvalue weighted by atomic mass is 16.5. The molecule has 152 valence electrons. The molecule has 7 nitrogen and oxygen atoms in total. The van der Waals surface area contributed by atoms with Crippen LogP contribution in [-0.4, -0.2) is 30.6 Å². The Labute approximate surface area is 170 Å². The summed E-state index contributed by atoms with van der Waals surface area (Å²) >= 11 is 0. The summed E-state index contributed by atoms with van der Waals surface area (Å²) in [6, 6.07) is 15.1. The summed E-state index contributed by atoms with van der Waals surface area (Å²) in [5.74, 6) is -1.66. The van der Waals surface area contributed by atoms with E-state index in [-0.39, 0.29) is 12.3 Å². The number of nitrogens with zero attached hydrogens (tertiary/aromatic N) is 1. The number of benzene rings is 1. The van der Waals surface area contributed by atoms with E-state index in [0.717, 1.165) is 5.56 Å². The summed E-state index contributed by atoms with van der Waals surface area (Å²) in [6.45, 7) is 2.55. The van der Waals surface area contributed by atoms with Crippen LogP contribution < -0.4 is 10.6 Å². The fourth-order valence-electron chi connectivity index (χ4n) is 2.46. The summed E-state index contributed by atoms with van der Waals surface area (Å²) < 4.78 is 9.92. The fourth-order valence-corrected chi connectivity index (χ4v) is 2.46. The van der Waals surface area contributed by atoms with E-state index in [1.165, 1.54) is 19.5 Å². The number of ether oxygens (including phenoxy) is 2. The Hall–Kier alpha value is -3.61. The predicted octanol–water partition coefficient (Wildman–Crippen LogP) is 2.64. The van der Waals surface area contributed by atoms with Gasteiger partial charge in [-0.2, -0.15) is 0 Å². The van der Waals surface area contributed by atoms with Crippen LogP contribution in [0.2, 0.25) is 0 Å². The monoisotopic (exact) mass is 395 g/mol. The third kappa shape index (κ3) is 7.14. The predicted molar refractivity (Wildman–Crippen MR) is 109 cm³/mol.